The fraction of sp³-hybridized carbons (Fsp3) is 0.538. The minimum absolute atomic E-state index is 0.0349. The van der Waals surface area contributed by atoms with E-state index in [0.29, 0.717) is 25.2 Å². The first-order valence-corrected chi connectivity index (χ1v) is 5.91. The van der Waals surface area contributed by atoms with Crippen molar-refractivity contribution in [1.29, 1.82) is 0 Å². The van der Waals surface area contributed by atoms with Gasteiger partial charge in [0.2, 0.25) is 0 Å². The summed E-state index contributed by atoms with van der Waals surface area (Å²) < 4.78 is 34.0. The Balaban J connectivity index is 2.81. The van der Waals surface area contributed by atoms with Gasteiger partial charge >= 0.3 is 6.61 Å². The summed E-state index contributed by atoms with van der Waals surface area (Å²) in [5.74, 6) is 0.341. The average molecular weight is 260 g/mol. The van der Waals surface area contributed by atoms with Crippen molar-refractivity contribution < 1.29 is 23.4 Å². The topological polar surface area (TPSA) is 38.7 Å². The predicted molar refractivity (Wildman–Crippen MR) is 64.2 cm³/mol. The molecule has 18 heavy (non-hydrogen) atoms. The third-order valence-corrected chi connectivity index (χ3v) is 2.37. The van der Waals surface area contributed by atoms with Crippen molar-refractivity contribution in [3.8, 4) is 11.5 Å². The van der Waals surface area contributed by atoms with E-state index < -0.39 is 12.7 Å². The van der Waals surface area contributed by atoms with Crippen molar-refractivity contribution in [2.24, 2.45) is 0 Å². The second-order valence-electron chi connectivity index (χ2n) is 3.98. The quantitative estimate of drug-likeness (QED) is 0.819. The van der Waals surface area contributed by atoms with Gasteiger partial charge in [-0.2, -0.15) is 8.78 Å². The van der Waals surface area contributed by atoms with E-state index in [-0.39, 0.29) is 5.75 Å². The Kier molecular flexibility index (Phi) is 5.85. The molecule has 0 bridgehead atoms. The highest BCUT2D eigenvalue weighted by Gasteiger charge is 2.11. The van der Waals surface area contributed by atoms with Gasteiger partial charge in [0, 0.05) is 0 Å². The third kappa shape index (κ3) is 4.87. The summed E-state index contributed by atoms with van der Waals surface area (Å²) in [4.78, 5) is 0. The van der Waals surface area contributed by atoms with Crippen molar-refractivity contribution in [1.82, 2.24) is 0 Å². The molecule has 1 unspecified atom stereocenters. The van der Waals surface area contributed by atoms with Crippen molar-refractivity contribution >= 4 is 0 Å². The molecule has 3 nitrogen and oxygen atoms in total. The highest BCUT2D eigenvalue weighted by molar-refractivity contribution is 5.43. The van der Waals surface area contributed by atoms with E-state index in [1.54, 1.807) is 26.0 Å². The monoisotopic (exact) mass is 260 g/mol. The molecule has 0 radical (unpaired) electrons. The number of hydrogen-bond donors (Lipinski definition) is 1. The van der Waals surface area contributed by atoms with Crippen LogP contribution >= 0.6 is 0 Å². The van der Waals surface area contributed by atoms with Gasteiger partial charge in [-0.3, -0.25) is 0 Å². The number of hydrogen-bond acceptors (Lipinski definition) is 3. The molecule has 0 spiro atoms. The van der Waals surface area contributed by atoms with Crippen LogP contribution in [-0.4, -0.2) is 24.4 Å². The molecule has 1 atom stereocenters. The number of ether oxygens (including phenoxy) is 2. The number of alkyl halides is 2. The highest BCUT2D eigenvalue weighted by atomic mass is 19.3. The standard InChI is InChI=1S/C13H18F2O3/c1-3-17-12-8-10(5-4-9(2)16)6-7-11(12)18-13(14)15/h6-9,13,16H,3-5H2,1-2H3. The van der Waals surface area contributed by atoms with Crippen molar-refractivity contribution in [3.05, 3.63) is 23.8 Å². The molecular weight excluding hydrogens is 242 g/mol. The van der Waals surface area contributed by atoms with Crippen molar-refractivity contribution in [3.63, 3.8) is 0 Å². The molecule has 0 saturated carbocycles. The van der Waals surface area contributed by atoms with Crippen LogP contribution in [0.4, 0.5) is 8.78 Å². The van der Waals surface area contributed by atoms with E-state index in [0.717, 1.165) is 5.56 Å². The maximum atomic E-state index is 12.2. The number of aliphatic hydroxyl groups excluding tert-OH is 1. The fourth-order valence-electron chi connectivity index (χ4n) is 1.55. The first-order valence-electron chi connectivity index (χ1n) is 5.91. The summed E-state index contributed by atoms with van der Waals surface area (Å²) in [6.07, 6.45) is 0.880. The molecule has 0 aliphatic heterocycles. The second kappa shape index (κ2) is 7.16. The highest BCUT2D eigenvalue weighted by Crippen LogP contribution is 2.30. The lowest BCUT2D eigenvalue weighted by atomic mass is 10.1. The minimum Gasteiger partial charge on any atom is -0.490 e. The fourth-order valence-corrected chi connectivity index (χ4v) is 1.55. The lowest BCUT2D eigenvalue weighted by molar-refractivity contribution is -0.0514. The van der Waals surface area contributed by atoms with Crippen molar-refractivity contribution in [2.75, 3.05) is 6.61 Å². The zero-order valence-corrected chi connectivity index (χ0v) is 10.5. The summed E-state index contributed by atoms with van der Waals surface area (Å²) in [6, 6.07) is 4.83. The van der Waals surface area contributed by atoms with Crippen LogP contribution in [0.1, 0.15) is 25.8 Å². The van der Waals surface area contributed by atoms with Gasteiger partial charge in [-0.25, -0.2) is 0 Å². The Morgan fingerprint density at radius 2 is 2.00 bits per heavy atom. The van der Waals surface area contributed by atoms with Crippen LogP contribution in [0, 0.1) is 0 Å². The van der Waals surface area contributed by atoms with Crippen LogP contribution in [0.2, 0.25) is 0 Å². The third-order valence-electron chi connectivity index (χ3n) is 2.37. The largest absolute Gasteiger partial charge is 0.490 e. The van der Waals surface area contributed by atoms with E-state index >= 15 is 0 Å². The summed E-state index contributed by atoms with van der Waals surface area (Å²) >= 11 is 0. The molecule has 1 rings (SSSR count). The molecule has 0 aromatic heterocycles. The van der Waals surface area contributed by atoms with E-state index in [2.05, 4.69) is 4.74 Å². The maximum Gasteiger partial charge on any atom is 0.387 e. The van der Waals surface area contributed by atoms with Gasteiger partial charge in [-0.05, 0) is 44.4 Å². The zero-order chi connectivity index (χ0) is 13.5. The van der Waals surface area contributed by atoms with Gasteiger partial charge in [0.1, 0.15) is 0 Å². The van der Waals surface area contributed by atoms with E-state index in [9.17, 15) is 13.9 Å². The van der Waals surface area contributed by atoms with Gasteiger partial charge in [0.15, 0.2) is 11.5 Å². The van der Waals surface area contributed by atoms with Gasteiger partial charge < -0.3 is 14.6 Å². The van der Waals surface area contributed by atoms with Gasteiger partial charge in [-0.1, -0.05) is 6.07 Å². The number of aryl methyl sites for hydroxylation is 1. The Bertz CT molecular complexity index is 367. The lowest BCUT2D eigenvalue weighted by Crippen LogP contribution is -2.06. The number of halogens is 2. The molecule has 0 aliphatic rings. The summed E-state index contributed by atoms with van der Waals surface area (Å²) in [5.41, 5.74) is 0.918. The van der Waals surface area contributed by atoms with Crippen LogP contribution in [0.5, 0.6) is 11.5 Å². The molecule has 102 valence electrons. The van der Waals surface area contributed by atoms with Crippen LogP contribution < -0.4 is 9.47 Å². The van der Waals surface area contributed by atoms with Crippen LogP contribution in [-0.2, 0) is 6.42 Å². The van der Waals surface area contributed by atoms with Crippen LogP contribution in [0.15, 0.2) is 18.2 Å². The van der Waals surface area contributed by atoms with Gasteiger partial charge in [-0.15, -0.1) is 0 Å². The zero-order valence-electron chi connectivity index (χ0n) is 10.5. The molecule has 0 heterocycles. The summed E-state index contributed by atoms with van der Waals surface area (Å²) in [5, 5.41) is 9.20. The van der Waals surface area contributed by atoms with Crippen molar-refractivity contribution in [2.45, 2.75) is 39.4 Å². The first-order chi connectivity index (χ1) is 8.52. The van der Waals surface area contributed by atoms with Gasteiger partial charge in [0.25, 0.3) is 0 Å². The molecule has 1 aromatic carbocycles. The predicted octanol–water partition coefficient (Wildman–Crippen LogP) is 3.00. The Morgan fingerprint density at radius 3 is 2.56 bits per heavy atom. The summed E-state index contributed by atoms with van der Waals surface area (Å²) in [6.45, 7) is 0.985. The smallest absolute Gasteiger partial charge is 0.387 e. The second-order valence-corrected chi connectivity index (χ2v) is 3.98. The van der Waals surface area contributed by atoms with Crippen LogP contribution in [0.25, 0.3) is 0 Å². The Hall–Kier alpha value is -1.36. The molecule has 1 aromatic rings. The van der Waals surface area contributed by atoms with Crippen LogP contribution in [0.3, 0.4) is 0 Å². The molecule has 0 fully saturated rings. The normalized spacial score (nSPS) is 12.6. The average Bonchev–Trinajstić information content (AvgIpc) is 2.29. The molecule has 0 amide bonds. The number of aliphatic hydroxyl groups is 1. The van der Waals surface area contributed by atoms with E-state index in [1.807, 2.05) is 0 Å². The van der Waals surface area contributed by atoms with E-state index in [1.165, 1.54) is 6.07 Å². The minimum atomic E-state index is -2.87. The molecule has 1 N–H and O–H groups in total. The van der Waals surface area contributed by atoms with E-state index in [4.69, 9.17) is 4.74 Å². The Morgan fingerprint density at radius 1 is 1.28 bits per heavy atom. The molecular formula is C13H18F2O3. The number of benzene rings is 1. The molecule has 0 saturated heterocycles. The Labute approximate surface area is 105 Å². The molecule has 0 aliphatic carbocycles. The van der Waals surface area contributed by atoms with Gasteiger partial charge in [0.05, 0.1) is 12.7 Å². The maximum absolute atomic E-state index is 12.2. The molecule has 5 heteroatoms. The summed E-state index contributed by atoms with van der Waals surface area (Å²) in [7, 11) is 0. The number of rotatable bonds is 7. The first kappa shape index (κ1) is 14.7. The lowest BCUT2D eigenvalue weighted by Gasteiger charge is -2.13. The SMILES string of the molecule is CCOc1cc(CCC(C)O)ccc1OC(F)F.